The second-order valence-electron chi connectivity index (χ2n) is 5.29. The molecule has 0 bridgehead atoms. The molecule has 0 heterocycles. The van der Waals surface area contributed by atoms with Crippen molar-refractivity contribution in [2.75, 3.05) is 13.1 Å². The van der Waals surface area contributed by atoms with E-state index in [-0.39, 0.29) is 12.1 Å². The molecule has 0 radical (unpaired) electrons. The van der Waals surface area contributed by atoms with Gasteiger partial charge in [0.2, 0.25) is 0 Å². The van der Waals surface area contributed by atoms with Crippen molar-refractivity contribution in [3.05, 3.63) is 35.2 Å². The molecule has 0 aliphatic heterocycles. The van der Waals surface area contributed by atoms with Crippen molar-refractivity contribution in [1.82, 2.24) is 21.0 Å². The normalized spacial score (nSPS) is 15.0. The Bertz CT molecular complexity index is 523. The third-order valence-electron chi connectivity index (χ3n) is 3.48. The van der Waals surface area contributed by atoms with E-state index in [1.807, 2.05) is 32.9 Å². The van der Waals surface area contributed by atoms with E-state index in [0.717, 1.165) is 23.4 Å². The van der Waals surface area contributed by atoms with Gasteiger partial charge in [0.15, 0.2) is 0 Å². The van der Waals surface area contributed by atoms with E-state index in [1.54, 1.807) is 6.08 Å². The third-order valence-corrected chi connectivity index (χ3v) is 3.48. The van der Waals surface area contributed by atoms with Crippen LogP contribution in [-0.2, 0) is 0 Å². The maximum atomic E-state index is 12.0. The minimum absolute atomic E-state index is 0.263. The Morgan fingerprint density at radius 1 is 1.35 bits per heavy atom. The maximum Gasteiger partial charge on any atom is 0.336 e. The van der Waals surface area contributed by atoms with Crippen molar-refractivity contribution in [2.45, 2.75) is 40.0 Å². The lowest BCUT2D eigenvalue weighted by Gasteiger charge is -2.20. The molecule has 0 saturated carbocycles. The molecule has 0 spiro atoms. The van der Waals surface area contributed by atoms with E-state index >= 15 is 0 Å². The van der Waals surface area contributed by atoms with Gasteiger partial charge in [0.1, 0.15) is 0 Å². The van der Waals surface area contributed by atoms with E-state index in [1.165, 1.54) is 0 Å². The Morgan fingerprint density at radius 2 is 2.09 bits per heavy atom. The Kier molecular flexibility index (Phi) is 7.90. The number of hydrogen-bond donors (Lipinski definition) is 4. The minimum atomic E-state index is -0.369. The van der Waals surface area contributed by atoms with Crippen LogP contribution in [0.4, 0.5) is 9.59 Å². The van der Waals surface area contributed by atoms with Gasteiger partial charge in [0.25, 0.3) is 0 Å². The first-order chi connectivity index (χ1) is 11.0. The van der Waals surface area contributed by atoms with Crippen molar-refractivity contribution in [2.24, 2.45) is 5.84 Å². The molecule has 0 unspecified atom stereocenters. The summed E-state index contributed by atoms with van der Waals surface area (Å²) in [6.07, 6.45) is 7.84. The Morgan fingerprint density at radius 3 is 2.74 bits per heavy atom. The van der Waals surface area contributed by atoms with Crippen molar-refractivity contribution in [1.29, 1.82) is 0 Å². The predicted octanol–water partition coefficient (Wildman–Crippen LogP) is 2.11. The van der Waals surface area contributed by atoms with E-state index in [4.69, 9.17) is 5.84 Å². The highest BCUT2D eigenvalue weighted by atomic mass is 16.2. The number of rotatable bonds is 5. The number of carbonyl (C=O) groups excluding carboxylic acids is 2. The largest absolute Gasteiger partial charge is 0.338 e. The fraction of sp³-hybridized carbons (Fsp3) is 0.500. The first kappa shape index (κ1) is 18.8. The van der Waals surface area contributed by atoms with Gasteiger partial charge in [-0.1, -0.05) is 12.2 Å². The SMILES string of the molecule is C/C=C/CNC(=O)N(N)C1=CC(NC(=O)NCC)=C(C)CCC1. The molecule has 5 N–H and O–H groups in total. The smallest absolute Gasteiger partial charge is 0.336 e. The van der Waals surface area contributed by atoms with Gasteiger partial charge in [-0.15, -0.1) is 0 Å². The Balaban J connectivity index is 2.83. The number of nitrogens with one attached hydrogen (secondary N) is 3. The number of nitrogens with two attached hydrogens (primary N) is 1. The fourth-order valence-electron chi connectivity index (χ4n) is 2.17. The van der Waals surface area contributed by atoms with E-state index in [2.05, 4.69) is 16.0 Å². The number of nitrogens with zero attached hydrogens (tertiary/aromatic N) is 1. The summed E-state index contributed by atoms with van der Waals surface area (Å²) in [6.45, 7) is 6.67. The van der Waals surface area contributed by atoms with Crippen LogP contribution in [0.15, 0.2) is 35.2 Å². The van der Waals surface area contributed by atoms with Gasteiger partial charge >= 0.3 is 12.1 Å². The van der Waals surface area contributed by atoms with Gasteiger partial charge in [0, 0.05) is 24.5 Å². The van der Waals surface area contributed by atoms with E-state index < -0.39 is 0 Å². The molecular formula is C16H27N5O2. The Labute approximate surface area is 137 Å². The monoisotopic (exact) mass is 321 g/mol. The summed E-state index contributed by atoms with van der Waals surface area (Å²) in [5.41, 5.74) is 2.43. The van der Waals surface area contributed by atoms with Gasteiger partial charge in [-0.2, -0.15) is 0 Å². The van der Waals surface area contributed by atoms with Gasteiger partial charge in [-0.3, -0.25) is 0 Å². The van der Waals surface area contributed by atoms with Crippen LogP contribution in [0.3, 0.4) is 0 Å². The van der Waals surface area contributed by atoms with Crippen molar-refractivity contribution in [3.8, 4) is 0 Å². The molecule has 7 heteroatoms. The Hall–Kier alpha value is -2.28. The molecule has 7 nitrogen and oxygen atoms in total. The highest BCUT2D eigenvalue weighted by Crippen LogP contribution is 2.22. The van der Waals surface area contributed by atoms with Gasteiger partial charge in [-0.25, -0.2) is 20.4 Å². The standard InChI is InChI=1S/C16H27N5O2/c1-4-6-10-19-16(23)21(17)13-9-7-8-12(3)14(11-13)20-15(22)18-5-2/h4,6,11H,5,7-10,17H2,1-3H3,(H,19,23)(H2,18,20,22)/b6-4+. The molecular weight excluding hydrogens is 294 g/mol. The first-order valence-corrected chi connectivity index (χ1v) is 7.88. The lowest BCUT2D eigenvalue weighted by atomic mass is 10.1. The van der Waals surface area contributed by atoms with Crippen LogP contribution in [0.5, 0.6) is 0 Å². The summed E-state index contributed by atoms with van der Waals surface area (Å²) in [7, 11) is 0. The number of urea groups is 2. The average molecular weight is 321 g/mol. The number of hydrazine groups is 1. The molecule has 1 aliphatic carbocycles. The zero-order valence-corrected chi connectivity index (χ0v) is 14.1. The highest BCUT2D eigenvalue weighted by molar-refractivity contribution is 5.77. The first-order valence-electron chi connectivity index (χ1n) is 7.88. The topological polar surface area (TPSA) is 99.5 Å². The second kappa shape index (κ2) is 9.68. The molecule has 1 aliphatic rings. The van der Waals surface area contributed by atoms with Gasteiger partial charge < -0.3 is 16.0 Å². The fourth-order valence-corrected chi connectivity index (χ4v) is 2.17. The van der Waals surface area contributed by atoms with E-state index in [9.17, 15) is 9.59 Å². The van der Waals surface area contributed by atoms with Crippen LogP contribution in [0.1, 0.15) is 40.0 Å². The second-order valence-corrected chi connectivity index (χ2v) is 5.29. The summed E-state index contributed by atoms with van der Waals surface area (Å²) >= 11 is 0. The van der Waals surface area contributed by atoms with Crippen molar-refractivity contribution < 1.29 is 9.59 Å². The molecule has 4 amide bonds. The summed E-state index contributed by atoms with van der Waals surface area (Å²) in [4.78, 5) is 23.8. The van der Waals surface area contributed by atoms with Crippen molar-refractivity contribution >= 4 is 12.1 Å². The highest BCUT2D eigenvalue weighted by Gasteiger charge is 2.18. The van der Waals surface area contributed by atoms with Crippen LogP contribution < -0.4 is 21.8 Å². The average Bonchev–Trinajstić information content (AvgIpc) is 2.69. The molecule has 0 saturated heterocycles. The molecule has 0 atom stereocenters. The van der Waals surface area contributed by atoms with Crippen LogP contribution in [0, 0.1) is 0 Å². The predicted molar refractivity (Wildman–Crippen MR) is 91.1 cm³/mol. The summed E-state index contributed by atoms with van der Waals surface area (Å²) < 4.78 is 0. The molecule has 128 valence electrons. The zero-order valence-electron chi connectivity index (χ0n) is 14.1. The molecule has 1 rings (SSSR count). The van der Waals surface area contributed by atoms with Gasteiger partial charge in [0.05, 0.1) is 0 Å². The summed E-state index contributed by atoms with van der Waals surface area (Å²) in [6, 6.07) is -0.633. The quantitative estimate of drug-likeness (QED) is 0.270. The van der Waals surface area contributed by atoms with Crippen LogP contribution in [-0.4, -0.2) is 30.2 Å². The molecule has 0 aromatic rings. The molecule has 23 heavy (non-hydrogen) atoms. The summed E-state index contributed by atoms with van der Waals surface area (Å²) in [5.74, 6) is 5.92. The van der Waals surface area contributed by atoms with E-state index in [0.29, 0.717) is 30.9 Å². The third kappa shape index (κ3) is 6.15. The number of hydrogen-bond acceptors (Lipinski definition) is 3. The van der Waals surface area contributed by atoms with Gasteiger partial charge in [-0.05, 0) is 51.7 Å². The number of amides is 4. The zero-order chi connectivity index (χ0) is 17.2. The summed E-state index contributed by atoms with van der Waals surface area (Å²) in [5, 5.41) is 9.32. The lowest BCUT2D eigenvalue weighted by Crippen LogP contribution is -2.44. The minimum Gasteiger partial charge on any atom is -0.338 e. The molecule has 0 fully saturated rings. The molecule has 0 aromatic carbocycles. The van der Waals surface area contributed by atoms with Crippen LogP contribution >= 0.6 is 0 Å². The van der Waals surface area contributed by atoms with Crippen molar-refractivity contribution in [3.63, 3.8) is 0 Å². The van der Waals surface area contributed by atoms with Crippen LogP contribution in [0.2, 0.25) is 0 Å². The number of carbonyl (C=O) groups is 2. The molecule has 0 aromatic heterocycles. The number of allylic oxidation sites excluding steroid dienone is 4. The van der Waals surface area contributed by atoms with Crippen LogP contribution in [0.25, 0.3) is 0 Å². The maximum absolute atomic E-state index is 12.0. The lowest BCUT2D eigenvalue weighted by molar-refractivity contribution is 0.211.